The number of anilines is 1. The van der Waals surface area contributed by atoms with E-state index in [0.29, 0.717) is 28.6 Å². The number of pyridine rings is 1. The van der Waals surface area contributed by atoms with Gasteiger partial charge < -0.3 is 5.73 Å². The molecule has 29 heavy (non-hydrogen) atoms. The Kier molecular flexibility index (Phi) is 4.98. The van der Waals surface area contributed by atoms with Gasteiger partial charge in [0.05, 0.1) is 5.69 Å². The third-order valence-corrected chi connectivity index (χ3v) is 5.07. The first kappa shape index (κ1) is 18.7. The van der Waals surface area contributed by atoms with E-state index >= 15 is 0 Å². The topological polar surface area (TPSA) is 93.4 Å². The number of nitriles is 1. The molecule has 0 aliphatic heterocycles. The quantitative estimate of drug-likeness (QED) is 0.514. The van der Waals surface area contributed by atoms with Crippen LogP contribution in [0.4, 0.5) is 5.69 Å². The highest BCUT2D eigenvalue weighted by Gasteiger charge is 2.15. The average Bonchev–Trinajstić information content (AvgIpc) is 3.17. The van der Waals surface area contributed by atoms with E-state index in [0.717, 1.165) is 22.3 Å². The van der Waals surface area contributed by atoms with Gasteiger partial charge in [0.25, 0.3) is 0 Å². The molecule has 0 bridgehead atoms. The molecule has 0 atom stereocenters. The first-order valence-electron chi connectivity index (χ1n) is 8.97. The highest BCUT2D eigenvalue weighted by Crippen LogP contribution is 2.27. The van der Waals surface area contributed by atoms with Crippen molar-refractivity contribution in [1.29, 1.82) is 5.26 Å². The number of halogens is 1. The SMILES string of the molecule is Cc1cccc(Cl)c1Cc1cc(-n2nc(-c3cccnc3)nc2C#N)ccc1N. The number of benzene rings is 2. The number of hydrogen-bond acceptors (Lipinski definition) is 5. The van der Waals surface area contributed by atoms with Crippen molar-refractivity contribution in [3.05, 3.63) is 88.5 Å². The van der Waals surface area contributed by atoms with E-state index in [4.69, 9.17) is 17.3 Å². The van der Waals surface area contributed by atoms with E-state index < -0.39 is 0 Å². The molecule has 142 valence electrons. The van der Waals surface area contributed by atoms with Crippen LogP contribution >= 0.6 is 11.6 Å². The molecule has 6 nitrogen and oxygen atoms in total. The van der Waals surface area contributed by atoms with Gasteiger partial charge in [-0.3, -0.25) is 4.98 Å². The maximum atomic E-state index is 9.54. The number of rotatable bonds is 4. The van der Waals surface area contributed by atoms with Gasteiger partial charge in [-0.15, -0.1) is 5.10 Å². The Hall–Kier alpha value is -3.69. The van der Waals surface area contributed by atoms with Crippen LogP contribution in [0.25, 0.3) is 17.1 Å². The van der Waals surface area contributed by atoms with Crippen LogP contribution in [-0.2, 0) is 6.42 Å². The van der Waals surface area contributed by atoms with E-state index in [1.807, 2.05) is 49.4 Å². The lowest BCUT2D eigenvalue weighted by molar-refractivity contribution is 0.863. The second-order valence-corrected chi connectivity index (χ2v) is 7.03. The van der Waals surface area contributed by atoms with Gasteiger partial charge in [0.1, 0.15) is 6.07 Å². The summed E-state index contributed by atoms with van der Waals surface area (Å²) in [6.45, 7) is 2.02. The van der Waals surface area contributed by atoms with E-state index in [1.165, 1.54) is 4.68 Å². The number of nitrogen functional groups attached to an aromatic ring is 1. The van der Waals surface area contributed by atoms with Crippen molar-refractivity contribution in [3.63, 3.8) is 0 Å². The van der Waals surface area contributed by atoms with E-state index in [9.17, 15) is 5.26 Å². The number of hydrogen-bond donors (Lipinski definition) is 1. The molecule has 2 aromatic heterocycles. The van der Waals surface area contributed by atoms with E-state index in [-0.39, 0.29) is 5.82 Å². The zero-order valence-corrected chi connectivity index (χ0v) is 16.4. The molecule has 0 spiro atoms. The van der Waals surface area contributed by atoms with Crippen molar-refractivity contribution < 1.29 is 0 Å². The molecule has 2 aromatic carbocycles. The number of aromatic nitrogens is 4. The summed E-state index contributed by atoms with van der Waals surface area (Å²) in [5.41, 5.74) is 11.3. The minimum Gasteiger partial charge on any atom is -0.398 e. The fraction of sp³-hybridized carbons (Fsp3) is 0.0909. The van der Waals surface area contributed by atoms with Gasteiger partial charge in [-0.25, -0.2) is 4.68 Å². The van der Waals surface area contributed by atoms with Gasteiger partial charge in [-0.1, -0.05) is 23.7 Å². The highest BCUT2D eigenvalue weighted by molar-refractivity contribution is 6.31. The molecule has 4 aromatic rings. The summed E-state index contributed by atoms with van der Waals surface area (Å²) >= 11 is 6.39. The maximum Gasteiger partial charge on any atom is 0.236 e. The van der Waals surface area contributed by atoms with Crippen molar-refractivity contribution in [2.45, 2.75) is 13.3 Å². The van der Waals surface area contributed by atoms with Crippen LogP contribution in [0.15, 0.2) is 60.9 Å². The Morgan fingerprint density at radius 3 is 2.76 bits per heavy atom. The molecule has 0 saturated carbocycles. The fourth-order valence-corrected chi connectivity index (χ4v) is 3.43. The zero-order valence-electron chi connectivity index (χ0n) is 15.7. The van der Waals surface area contributed by atoms with Crippen LogP contribution in [0.3, 0.4) is 0 Å². The van der Waals surface area contributed by atoms with Crippen LogP contribution in [0.1, 0.15) is 22.5 Å². The summed E-state index contributed by atoms with van der Waals surface area (Å²) in [6.07, 6.45) is 3.92. The maximum absolute atomic E-state index is 9.54. The minimum absolute atomic E-state index is 0.188. The molecule has 2 N–H and O–H groups in total. The van der Waals surface area contributed by atoms with Crippen molar-refractivity contribution in [2.75, 3.05) is 5.73 Å². The van der Waals surface area contributed by atoms with E-state index in [2.05, 4.69) is 21.1 Å². The summed E-state index contributed by atoms with van der Waals surface area (Å²) in [6, 6.07) is 17.1. The molecular weight excluding hydrogens is 384 g/mol. The molecule has 2 heterocycles. The first-order valence-corrected chi connectivity index (χ1v) is 9.35. The molecule has 0 aliphatic rings. The monoisotopic (exact) mass is 400 g/mol. The van der Waals surface area contributed by atoms with Crippen LogP contribution in [0, 0.1) is 18.3 Å². The molecular formula is C22H17ClN6. The summed E-state index contributed by atoms with van der Waals surface area (Å²) < 4.78 is 1.52. The zero-order chi connectivity index (χ0) is 20.4. The first-order chi connectivity index (χ1) is 14.1. The van der Waals surface area contributed by atoms with Gasteiger partial charge in [0.2, 0.25) is 5.82 Å². The Bertz CT molecular complexity index is 1200. The lowest BCUT2D eigenvalue weighted by Gasteiger charge is -2.12. The van der Waals surface area contributed by atoms with E-state index in [1.54, 1.807) is 18.5 Å². The second-order valence-electron chi connectivity index (χ2n) is 6.62. The average molecular weight is 401 g/mol. The smallest absolute Gasteiger partial charge is 0.236 e. The van der Waals surface area contributed by atoms with Crippen LogP contribution < -0.4 is 5.73 Å². The Morgan fingerprint density at radius 2 is 2.03 bits per heavy atom. The number of aryl methyl sites for hydroxylation is 1. The van der Waals surface area contributed by atoms with Crippen LogP contribution in [0.5, 0.6) is 0 Å². The minimum atomic E-state index is 0.188. The summed E-state index contributed by atoms with van der Waals surface area (Å²) in [4.78, 5) is 8.42. The lowest BCUT2D eigenvalue weighted by Crippen LogP contribution is -2.04. The van der Waals surface area contributed by atoms with Crippen LogP contribution in [0.2, 0.25) is 5.02 Å². The van der Waals surface area contributed by atoms with Crippen molar-refractivity contribution >= 4 is 17.3 Å². The van der Waals surface area contributed by atoms with Gasteiger partial charge in [0, 0.05) is 35.1 Å². The fourth-order valence-electron chi connectivity index (χ4n) is 3.14. The van der Waals surface area contributed by atoms with Gasteiger partial charge in [-0.05, 0) is 60.0 Å². The van der Waals surface area contributed by atoms with Gasteiger partial charge in [-0.2, -0.15) is 10.2 Å². The molecule has 0 fully saturated rings. The molecule has 0 unspecified atom stereocenters. The highest BCUT2D eigenvalue weighted by atomic mass is 35.5. The third-order valence-electron chi connectivity index (χ3n) is 4.72. The summed E-state index contributed by atoms with van der Waals surface area (Å²) in [5.74, 6) is 0.628. The van der Waals surface area contributed by atoms with Gasteiger partial charge in [0.15, 0.2) is 5.82 Å². The Morgan fingerprint density at radius 1 is 1.17 bits per heavy atom. The molecule has 0 amide bonds. The standard InChI is InChI=1S/C22H17ClN6/c1-14-4-2-6-19(23)18(14)11-16-10-17(7-8-20(16)25)29-21(12-24)27-22(28-29)15-5-3-9-26-13-15/h2-10,13H,11,25H2,1H3. The predicted octanol–water partition coefficient (Wildman–Crippen LogP) is 4.34. The van der Waals surface area contributed by atoms with Crippen molar-refractivity contribution in [3.8, 4) is 23.1 Å². The molecule has 0 aliphatic carbocycles. The van der Waals surface area contributed by atoms with Crippen LogP contribution in [-0.4, -0.2) is 19.7 Å². The Balaban J connectivity index is 1.77. The molecule has 0 radical (unpaired) electrons. The van der Waals surface area contributed by atoms with Crippen molar-refractivity contribution in [2.24, 2.45) is 0 Å². The van der Waals surface area contributed by atoms with Crippen molar-refractivity contribution in [1.82, 2.24) is 19.7 Å². The predicted molar refractivity (Wildman–Crippen MR) is 113 cm³/mol. The van der Waals surface area contributed by atoms with Gasteiger partial charge >= 0.3 is 0 Å². The Labute approximate surface area is 173 Å². The largest absolute Gasteiger partial charge is 0.398 e. The molecule has 7 heteroatoms. The summed E-state index contributed by atoms with van der Waals surface area (Å²) in [7, 11) is 0. The number of nitrogens with two attached hydrogens (primary N) is 1. The normalized spacial score (nSPS) is 10.7. The lowest BCUT2D eigenvalue weighted by atomic mass is 9.99. The summed E-state index contributed by atoms with van der Waals surface area (Å²) in [5, 5.41) is 14.8. The molecule has 0 saturated heterocycles. The second kappa shape index (κ2) is 7.74. The third kappa shape index (κ3) is 3.68. The number of nitrogens with zero attached hydrogens (tertiary/aromatic N) is 5. The molecule has 4 rings (SSSR count).